The second-order valence-corrected chi connectivity index (χ2v) is 3.55. The van der Waals surface area contributed by atoms with Crippen LogP contribution in [0.3, 0.4) is 0 Å². The average molecular weight is 235 g/mol. The highest BCUT2D eigenvalue weighted by atomic mass is 35.5. The summed E-state index contributed by atoms with van der Waals surface area (Å²) in [6.07, 6.45) is -1.02. The first-order valence-electron chi connectivity index (χ1n) is 4.48. The summed E-state index contributed by atoms with van der Waals surface area (Å²) in [7, 11) is 0. The van der Waals surface area contributed by atoms with E-state index in [2.05, 4.69) is 0 Å². The van der Waals surface area contributed by atoms with E-state index >= 15 is 0 Å². The van der Waals surface area contributed by atoms with Crippen LogP contribution in [-0.2, 0) is 9.47 Å². The zero-order valence-corrected chi connectivity index (χ0v) is 8.51. The molecule has 1 heterocycles. The normalized spacial score (nSPS) is 25.8. The molecule has 2 nitrogen and oxygen atoms in total. The first kappa shape index (κ1) is 10.8. The van der Waals surface area contributed by atoms with Crippen LogP contribution < -0.4 is 0 Å². The third kappa shape index (κ3) is 2.27. The molecule has 2 atom stereocenters. The quantitative estimate of drug-likeness (QED) is 0.733. The SMILES string of the molecule is Fc1ccc(C2OCC(CCl)O2)c(F)c1. The van der Waals surface area contributed by atoms with Crippen molar-refractivity contribution < 1.29 is 18.3 Å². The van der Waals surface area contributed by atoms with Crippen LogP contribution in [0.15, 0.2) is 18.2 Å². The lowest BCUT2D eigenvalue weighted by Crippen LogP contribution is -2.11. The third-order valence-electron chi connectivity index (χ3n) is 2.14. The standard InChI is InChI=1S/C10H9ClF2O2/c11-4-7-5-14-10(15-7)8-2-1-6(12)3-9(8)13/h1-3,7,10H,4-5H2. The van der Waals surface area contributed by atoms with Crippen molar-refractivity contribution >= 4 is 11.6 Å². The predicted molar refractivity (Wildman–Crippen MR) is 50.6 cm³/mol. The number of rotatable bonds is 2. The highest BCUT2D eigenvalue weighted by Crippen LogP contribution is 2.29. The van der Waals surface area contributed by atoms with Gasteiger partial charge in [0.1, 0.15) is 11.6 Å². The lowest BCUT2D eigenvalue weighted by Gasteiger charge is -2.11. The Labute approximate surface area is 90.7 Å². The zero-order valence-electron chi connectivity index (χ0n) is 7.75. The van der Waals surface area contributed by atoms with E-state index in [1.807, 2.05) is 0 Å². The fourth-order valence-electron chi connectivity index (χ4n) is 1.38. The van der Waals surface area contributed by atoms with Crippen molar-refractivity contribution in [1.29, 1.82) is 0 Å². The lowest BCUT2D eigenvalue weighted by molar-refractivity contribution is -0.0589. The van der Waals surface area contributed by atoms with Crippen LogP contribution in [-0.4, -0.2) is 18.6 Å². The van der Waals surface area contributed by atoms with Crippen molar-refractivity contribution in [1.82, 2.24) is 0 Å². The Hall–Kier alpha value is -0.710. The number of alkyl halides is 1. The Balaban J connectivity index is 2.17. The summed E-state index contributed by atoms with van der Waals surface area (Å²) in [5.41, 5.74) is 0.198. The van der Waals surface area contributed by atoms with Gasteiger partial charge in [-0.1, -0.05) is 0 Å². The van der Waals surface area contributed by atoms with Crippen molar-refractivity contribution in [2.75, 3.05) is 12.5 Å². The minimum Gasteiger partial charge on any atom is -0.346 e. The van der Waals surface area contributed by atoms with Gasteiger partial charge in [-0.25, -0.2) is 8.78 Å². The molecule has 1 aliphatic heterocycles. The second kappa shape index (κ2) is 4.43. The lowest BCUT2D eigenvalue weighted by atomic mass is 10.2. The predicted octanol–water partition coefficient (Wildman–Crippen LogP) is 2.62. The van der Waals surface area contributed by atoms with E-state index in [0.29, 0.717) is 12.5 Å². The van der Waals surface area contributed by atoms with E-state index < -0.39 is 17.9 Å². The maximum Gasteiger partial charge on any atom is 0.187 e. The van der Waals surface area contributed by atoms with E-state index in [1.54, 1.807) is 0 Å². The van der Waals surface area contributed by atoms with Crippen molar-refractivity contribution in [3.05, 3.63) is 35.4 Å². The van der Waals surface area contributed by atoms with Gasteiger partial charge in [0, 0.05) is 11.6 Å². The molecule has 0 spiro atoms. The number of hydrogen-bond acceptors (Lipinski definition) is 2. The Morgan fingerprint density at radius 2 is 2.20 bits per heavy atom. The fourth-order valence-corrected chi connectivity index (χ4v) is 1.55. The van der Waals surface area contributed by atoms with Gasteiger partial charge in [0.25, 0.3) is 0 Å². The molecule has 1 aromatic carbocycles. The maximum absolute atomic E-state index is 13.3. The van der Waals surface area contributed by atoms with Crippen molar-refractivity contribution in [3.8, 4) is 0 Å². The number of benzene rings is 1. The van der Waals surface area contributed by atoms with Gasteiger partial charge in [-0.05, 0) is 12.1 Å². The van der Waals surface area contributed by atoms with Crippen LogP contribution in [0.5, 0.6) is 0 Å². The van der Waals surface area contributed by atoms with E-state index in [4.69, 9.17) is 21.1 Å². The van der Waals surface area contributed by atoms with Crippen LogP contribution in [0.25, 0.3) is 0 Å². The van der Waals surface area contributed by atoms with Gasteiger partial charge >= 0.3 is 0 Å². The van der Waals surface area contributed by atoms with Crippen LogP contribution in [0.4, 0.5) is 8.78 Å². The number of ether oxygens (including phenoxy) is 2. The summed E-state index contributed by atoms with van der Waals surface area (Å²) < 4.78 is 36.4. The van der Waals surface area contributed by atoms with Crippen LogP contribution >= 0.6 is 11.6 Å². The van der Waals surface area contributed by atoms with Gasteiger partial charge in [0.05, 0.1) is 18.6 Å². The smallest absolute Gasteiger partial charge is 0.187 e. The molecule has 0 bridgehead atoms. The van der Waals surface area contributed by atoms with E-state index in [-0.39, 0.29) is 11.7 Å². The molecule has 5 heteroatoms. The summed E-state index contributed by atoms with van der Waals surface area (Å²) in [5.74, 6) is -1.00. The summed E-state index contributed by atoms with van der Waals surface area (Å²) in [4.78, 5) is 0. The largest absolute Gasteiger partial charge is 0.346 e. The molecule has 2 rings (SSSR count). The Kier molecular flexibility index (Phi) is 3.19. The van der Waals surface area contributed by atoms with E-state index in [9.17, 15) is 8.78 Å². The topological polar surface area (TPSA) is 18.5 Å². The molecule has 0 radical (unpaired) electrons. The number of hydrogen-bond donors (Lipinski definition) is 0. The van der Waals surface area contributed by atoms with Crippen molar-refractivity contribution in [2.45, 2.75) is 12.4 Å². The van der Waals surface area contributed by atoms with Gasteiger partial charge in [-0.15, -0.1) is 11.6 Å². The Bertz CT molecular complexity index is 359. The van der Waals surface area contributed by atoms with E-state index in [0.717, 1.165) is 6.07 Å². The first-order valence-corrected chi connectivity index (χ1v) is 5.02. The molecule has 1 aliphatic rings. The summed E-state index contributed by atoms with van der Waals surface area (Å²) >= 11 is 5.57. The third-order valence-corrected chi connectivity index (χ3v) is 2.48. The highest BCUT2D eigenvalue weighted by Gasteiger charge is 2.28. The molecule has 15 heavy (non-hydrogen) atoms. The molecule has 82 valence electrons. The van der Waals surface area contributed by atoms with Crippen molar-refractivity contribution in [3.63, 3.8) is 0 Å². The molecular weight excluding hydrogens is 226 g/mol. The summed E-state index contributed by atoms with van der Waals surface area (Å²) in [5, 5.41) is 0. The van der Waals surface area contributed by atoms with Crippen LogP contribution in [0, 0.1) is 11.6 Å². The average Bonchev–Trinajstić information content (AvgIpc) is 2.66. The molecule has 0 N–H and O–H groups in total. The molecule has 2 unspecified atom stereocenters. The minimum atomic E-state index is -0.783. The van der Waals surface area contributed by atoms with Gasteiger partial charge in [-0.2, -0.15) is 0 Å². The highest BCUT2D eigenvalue weighted by molar-refractivity contribution is 6.18. The Morgan fingerprint density at radius 3 is 2.80 bits per heavy atom. The molecule has 1 saturated heterocycles. The monoisotopic (exact) mass is 234 g/mol. The van der Waals surface area contributed by atoms with Crippen LogP contribution in [0.1, 0.15) is 11.9 Å². The zero-order chi connectivity index (χ0) is 10.8. The minimum absolute atomic E-state index is 0.198. The van der Waals surface area contributed by atoms with Gasteiger partial charge in [0.15, 0.2) is 6.29 Å². The summed E-state index contributed by atoms with van der Waals surface area (Å²) in [6, 6.07) is 3.28. The fraction of sp³-hybridized carbons (Fsp3) is 0.400. The van der Waals surface area contributed by atoms with Gasteiger partial charge in [0.2, 0.25) is 0 Å². The molecule has 1 aromatic rings. The Morgan fingerprint density at radius 1 is 1.40 bits per heavy atom. The van der Waals surface area contributed by atoms with Gasteiger partial charge in [-0.3, -0.25) is 0 Å². The molecule has 0 amide bonds. The van der Waals surface area contributed by atoms with Gasteiger partial charge < -0.3 is 9.47 Å². The van der Waals surface area contributed by atoms with E-state index in [1.165, 1.54) is 12.1 Å². The van der Waals surface area contributed by atoms with Crippen LogP contribution in [0.2, 0.25) is 0 Å². The molecule has 0 aromatic heterocycles. The number of halogens is 3. The second-order valence-electron chi connectivity index (χ2n) is 3.24. The molecular formula is C10H9ClF2O2. The maximum atomic E-state index is 13.3. The molecule has 0 saturated carbocycles. The first-order chi connectivity index (χ1) is 7.20. The molecule has 0 aliphatic carbocycles. The summed E-state index contributed by atoms with van der Waals surface area (Å²) in [6.45, 7) is 0.324. The van der Waals surface area contributed by atoms with Crippen molar-refractivity contribution in [2.24, 2.45) is 0 Å². The molecule has 1 fully saturated rings.